The Bertz CT molecular complexity index is 418. The van der Waals surface area contributed by atoms with Crippen LogP contribution in [0.1, 0.15) is 50.1 Å². The summed E-state index contributed by atoms with van der Waals surface area (Å²) in [7, 11) is 0. The van der Waals surface area contributed by atoms with E-state index in [0.717, 1.165) is 0 Å². The second kappa shape index (κ2) is 6.91. The molecule has 0 aromatic heterocycles. The van der Waals surface area contributed by atoms with E-state index in [9.17, 15) is 5.11 Å². The third-order valence-electron chi connectivity index (χ3n) is 5.53. The number of benzene rings is 1. The third kappa shape index (κ3) is 3.65. The van der Waals surface area contributed by atoms with Crippen molar-refractivity contribution in [1.82, 2.24) is 10.6 Å². The lowest BCUT2D eigenvalue weighted by atomic mass is 9.67. The van der Waals surface area contributed by atoms with Crippen molar-refractivity contribution >= 4 is 0 Å². The van der Waals surface area contributed by atoms with Crippen molar-refractivity contribution in [2.45, 2.75) is 50.6 Å². The van der Waals surface area contributed by atoms with Crippen molar-refractivity contribution in [2.24, 2.45) is 5.41 Å². The van der Waals surface area contributed by atoms with Gasteiger partial charge in [0.2, 0.25) is 0 Å². The first kappa shape index (κ1) is 15.0. The lowest BCUT2D eigenvalue weighted by Gasteiger charge is -2.44. The fourth-order valence-corrected chi connectivity index (χ4v) is 4.08. The van der Waals surface area contributed by atoms with E-state index in [4.69, 9.17) is 0 Å². The topological polar surface area (TPSA) is 44.3 Å². The first-order valence-corrected chi connectivity index (χ1v) is 8.44. The standard InChI is InChI=1S/C18H28N2O/c21-14-17(15-4-2-1-3-5-15)20-16-6-8-18(9-7-16)10-12-19-13-11-18/h1-5,16-17,19-21H,6-14H2/t17-/m1/s1. The molecular formula is C18H28N2O. The van der Waals surface area contributed by atoms with Crippen LogP contribution < -0.4 is 10.6 Å². The molecule has 0 amide bonds. The Hall–Kier alpha value is -0.900. The highest BCUT2D eigenvalue weighted by molar-refractivity contribution is 5.19. The SMILES string of the molecule is OC[C@@H](NC1CCC2(CCNCC2)CC1)c1ccccc1. The van der Waals surface area contributed by atoms with Crippen LogP contribution in [0.5, 0.6) is 0 Å². The second-order valence-corrected chi connectivity index (χ2v) is 6.84. The van der Waals surface area contributed by atoms with Gasteiger partial charge >= 0.3 is 0 Å². The highest BCUT2D eigenvalue weighted by Crippen LogP contribution is 2.43. The van der Waals surface area contributed by atoms with Gasteiger partial charge < -0.3 is 15.7 Å². The average Bonchev–Trinajstić information content (AvgIpc) is 2.56. The predicted octanol–water partition coefficient (Wildman–Crippen LogP) is 2.62. The molecule has 3 N–H and O–H groups in total. The van der Waals surface area contributed by atoms with Crippen LogP contribution in [-0.4, -0.2) is 30.8 Å². The minimum atomic E-state index is 0.0817. The van der Waals surface area contributed by atoms with Gasteiger partial charge in [-0.2, -0.15) is 0 Å². The Balaban J connectivity index is 1.54. The summed E-state index contributed by atoms with van der Waals surface area (Å²) in [5.74, 6) is 0. The fraction of sp³-hybridized carbons (Fsp3) is 0.667. The quantitative estimate of drug-likeness (QED) is 0.798. The molecule has 1 saturated heterocycles. The lowest BCUT2D eigenvalue weighted by Crippen LogP contribution is -2.44. The number of rotatable bonds is 4. The van der Waals surface area contributed by atoms with Crippen LogP contribution in [0.3, 0.4) is 0 Å². The van der Waals surface area contributed by atoms with Crippen LogP contribution in [0.2, 0.25) is 0 Å². The maximum atomic E-state index is 9.68. The molecule has 1 aliphatic carbocycles. The first-order valence-electron chi connectivity index (χ1n) is 8.44. The number of hydrogen-bond donors (Lipinski definition) is 3. The number of aliphatic hydroxyl groups excluding tert-OH is 1. The molecule has 1 heterocycles. The van der Waals surface area contributed by atoms with Gasteiger partial charge in [-0.3, -0.25) is 0 Å². The van der Waals surface area contributed by atoms with Crippen molar-refractivity contribution in [3.63, 3.8) is 0 Å². The van der Waals surface area contributed by atoms with Crippen LogP contribution in [0.4, 0.5) is 0 Å². The Morgan fingerprint density at radius 2 is 1.76 bits per heavy atom. The Kier molecular flexibility index (Phi) is 4.94. The summed E-state index contributed by atoms with van der Waals surface area (Å²) < 4.78 is 0. The number of nitrogens with one attached hydrogen (secondary N) is 2. The molecule has 0 unspecified atom stereocenters. The van der Waals surface area contributed by atoms with Gasteiger partial charge in [-0.15, -0.1) is 0 Å². The number of hydrogen-bond acceptors (Lipinski definition) is 3. The van der Waals surface area contributed by atoms with Gasteiger partial charge in [-0.05, 0) is 62.6 Å². The van der Waals surface area contributed by atoms with Gasteiger partial charge in [0, 0.05) is 6.04 Å². The van der Waals surface area contributed by atoms with Crippen molar-refractivity contribution in [1.29, 1.82) is 0 Å². The molecule has 1 aromatic rings. The van der Waals surface area contributed by atoms with Gasteiger partial charge in [0.05, 0.1) is 12.6 Å². The van der Waals surface area contributed by atoms with Gasteiger partial charge in [0.1, 0.15) is 0 Å². The van der Waals surface area contributed by atoms with Crippen molar-refractivity contribution in [2.75, 3.05) is 19.7 Å². The Morgan fingerprint density at radius 3 is 2.38 bits per heavy atom. The van der Waals surface area contributed by atoms with Gasteiger partial charge in [0.25, 0.3) is 0 Å². The zero-order chi connectivity index (χ0) is 14.5. The summed E-state index contributed by atoms with van der Waals surface area (Å²) >= 11 is 0. The number of piperidine rings is 1. The molecule has 1 aromatic carbocycles. The van der Waals surface area contributed by atoms with E-state index in [1.54, 1.807) is 0 Å². The minimum Gasteiger partial charge on any atom is -0.394 e. The van der Waals surface area contributed by atoms with Gasteiger partial charge in [0.15, 0.2) is 0 Å². The van der Waals surface area contributed by atoms with Gasteiger partial charge in [-0.1, -0.05) is 30.3 Å². The summed E-state index contributed by atoms with van der Waals surface area (Å²) in [4.78, 5) is 0. The monoisotopic (exact) mass is 288 g/mol. The second-order valence-electron chi connectivity index (χ2n) is 6.84. The molecule has 0 radical (unpaired) electrons. The minimum absolute atomic E-state index is 0.0817. The molecule has 0 bridgehead atoms. The highest BCUT2D eigenvalue weighted by Gasteiger charge is 2.36. The van der Waals surface area contributed by atoms with E-state index >= 15 is 0 Å². The molecule has 2 fully saturated rings. The number of aliphatic hydroxyl groups is 1. The average molecular weight is 288 g/mol. The van der Waals surface area contributed by atoms with E-state index in [-0.39, 0.29) is 12.6 Å². The van der Waals surface area contributed by atoms with Crippen LogP contribution in [0, 0.1) is 5.41 Å². The molecule has 3 heteroatoms. The normalized spacial score (nSPS) is 24.0. The molecule has 1 atom stereocenters. The first-order chi connectivity index (χ1) is 10.3. The summed E-state index contributed by atoms with van der Waals surface area (Å²) in [6.45, 7) is 2.57. The Morgan fingerprint density at radius 1 is 1.10 bits per heavy atom. The zero-order valence-electron chi connectivity index (χ0n) is 12.9. The third-order valence-corrected chi connectivity index (χ3v) is 5.53. The molecule has 1 aliphatic heterocycles. The maximum Gasteiger partial charge on any atom is 0.0626 e. The molecule has 1 saturated carbocycles. The van der Waals surface area contributed by atoms with E-state index in [1.807, 2.05) is 18.2 Å². The van der Waals surface area contributed by atoms with Crippen molar-refractivity contribution in [3.8, 4) is 0 Å². The van der Waals surface area contributed by atoms with E-state index in [2.05, 4.69) is 22.8 Å². The van der Waals surface area contributed by atoms with Crippen LogP contribution in [0.25, 0.3) is 0 Å². The summed E-state index contributed by atoms with van der Waals surface area (Å²) in [6.07, 6.45) is 7.90. The molecular weight excluding hydrogens is 260 g/mol. The van der Waals surface area contributed by atoms with E-state index in [1.165, 1.54) is 57.2 Å². The van der Waals surface area contributed by atoms with E-state index < -0.39 is 0 Å². The highest BCUT2D eigenvalue weighted by atomic mass is 16.3. The van der Waals surface area contributed by atoms with Gasteiger partial charge in [-0.25, -0.2) is 0 Å². The summed E-state index contributed by atoms with van der Waals surface area (Å²) in [5, 5.41) is 16.8. The Labute approximate surface area is 128 Å². The summed E-state index contributed by atoms with van der Waals surface area (Å²) in [5.41, 5.74) is 1.81. The molecule has 1 spiro atoms. The fourth-order valence-electron chi connectivity index (χ4n) is 4.08. The van der Waals surface area contributed by atoms with E-state index in [0.29, 0.717) is 11.5 Å². The van der Waals surface area contributed by atoms with Crippen molar-refractivity contribution < 1.29 is 5.11 Å². The molecule has 3 nitrogen and oxygen atoms in total. The molecule has 3 rings (SSSR count). The van der Waals surface area contributed by atoms with Crippen LogP contribution in [-0.2, 0) is 0 Å². The maximum absolute atomic E-state index is 9.68. The lowest BCUT2D eigenvalue weighted by molar-refractivity contribution is 0.107. The predicted molar refractivity (Wildman–Crippen MR) is 86.2 cm³/mol. The largest absolute Gasteiger partial charge is 0.394 e. The summed E-state index contributed by atoms with van der Waals surface area (Å²) in [6, 6.07) is 11.0. The zero-order valence-corrected chi connectivity index (χ0v) is 12.9. The molecule has 116 valence electrons. The smallest absolute Gasteiger partial charge is 0.0626 e. The van der Waals surface area contributed by atoms with Crippen LogP contribution >= 0.6 is 0 Å². The van der Waals surface area contributed by atoms with Crippen molar-refractivity contribution in [3.05, 3.63) is 35.9 Å². The molecule has 2 aliphatic rings. The van der Waals surface area contributed by atoms with Crippen LogP contribution in [0.15, 0.2) is 30.3 Å². The molecule has 21 heavy (non-hydrogen) atoms.